The summed E-state index contributed by atoms with van der Waals surface area (Å²) in [6.07, 6.45) is 3.46. The second-order valence-electron chi connectivity index (χ2n) is 7.00. The van der Waals surface area contributed by atoms with Crippen LogP contribution in [0.3, 0.4) is 0 Å². The van der Waals surface area contributed by atoms with E-state index in [0.717, 1.165) is 21.9 Å². The van der Waals surface area contributed by atoms with Crippen LogP contribution in [0.4, 0.5) is 5.95 Å². The van der Waals surface area contributed by atoms with E-state index in [4.69, 9.17) is 16.3 Å². The lowest BCUT2D eigenvalue weighted by atomic mass is 10.0. The SMILES string of the molecule is Cc1cc(OCC(=O)N2CCN(c3ncccn3)CC2)c(C(C)C)cc1Cl. The molecule has 0 unspecified atom stereocenters. The maximum absolute atomic E-state index is 12.6. The lowest BCUT2D eigenvalue weighted by Crippen LogP contribution is -2.50. The maximum Gasteiger partial charge on any atom is 0.260 e. The van der Waals surface area contributed by atoms with Gasteiger partial charge in [0.1, 0.15) is 5.75 Å². The summed E-state index contributed by atoms with van der Waals surface area (Å²) < 4.78 is 5.87. The molecule has 1 amide bonds. The smallest absolute Gasteiger partial charge is 0.260 e. The number of ether oxygens (including phenoxy) is 1. The first-order chi connectivity index (χ1) is 13.0. The quantitative estimate of drug-likeness (QED) is 0.786. The summed E-state index contributed by atoms with van der Waals surface area (Å²) in [4.78, 5) is 25.0. The standard InChI is InChI=1S/C20H25ClN4O2/c1-14(2)16-12-17(21)15(3)11-18(16)27-13-19(26)24-7-9-25(10-8-24)20-22-5-4-6-23-20/h4-6,11-12,14H,7-10,13H2,1-3H3. The van der Waals surface area contributed by atoms with Crippen LogP contribution < -0.4 is 9.64 Å². The zero-order chi connectivity index (χ0) is 19.4. The van der Waals surface area contributed by atoms with Crippen molar-refractivity contribution in [1.29, 1.82) is 0 Å². The van der Waals surface area contributed by atoms with Crippen molar-refractivity contribution in [2.24, 2.45) is 0 Å². The summed E-state index contributed by atoms with van der Waals surface area (Å²) in [7, 11) is 0. The molecule has 27 heavy (non-hydrogen) atoms. The van der Waals surface area contributed by atoms with Crippen molar-refractivity contribution in [3.05, 3.63) is 46.7 Å². The number of piperazine rings is 1. The molecular formula is C20H25ClN4O2. The van der Waals surface area contributed by atoms with Crippen LogP contribution >= 0.6 is 11.6 Å². The Balaban J connectivity index is 1.57. The molecule has 2 heterocycles. The lowest BCUT2D eigenvalue weighted by Gasteiger charge is -2.34. The molecule has 144 valence electrons. The molecule has 1 aromatic heterocycles. The molecule has 0 saturated carbocycles. The van der Waals surface area contributed by atoms with Gasteiger partial charge in [-0.2, -0.15) is 0 Å². The largest absolute Gasteiger partial charge is 0.483 e. The normalized spacial score (nSPS) is 14.6. The van der Waals surface area contributed by atoms with E-state index in [2.05, 4.69) is 28.7 Å². The number of hydrogen-bond acceptors (Lipinski definition) is 5. The molecule has 0 bridgehead atoms. The first kappa shape index (κ1) is 19.4. The maximum atomic E-state index is 12.6. The number of nitrogens with zero attached hydrogens (tertiary/aromatic N) is 4. The summed E-state index contributed by atoms with van der Waals surface area (Å²) in [5.41, 5.74) is 1.96. The minimum Gasteiger partial charge on any atom is -0.483 e. The average Bonchev–Trinajstić information content (AvgIpc) is 2.69. The van der Waals surface area contributed by atoms with Gasteiger partial charge in [0.15, 0.2) is 6.61 Å². The van der Waals surface area contributed by atoms with Crippen LogP contribution in [-0.4, -0.2) is 53.6 Å². The van der Waals surface area contributed by atoms with Crippen LogP contribution in [0.1, 0.15) is 30.9 Å². The molecule has 0 aliphatic carbocycles. The molecule has 3 rings (SSSR count). The van der Waals surface area contributed by atoms with Crippen molar-refractivity contribution >= 4 is 23.5 Å². The van der Waals surface area contributed by atoms with E-state index in [1.807, 2.05) is 24.0 Å². The highest BCUT2D eigenvalue weighted by Crippen LogP contribution is 2.32. The Morgan fingerprint density at radius 1 is 1.19 bits per heavy atom. The number of halogens is 1. The third-order valence-corrected chi connectivity index (χ3v) is 5.14. The van der Waals surface area contributed by atoms with Gasteiger partial charge >= 0.3 is 0 Å². The molecule has 0 atom stereocenters. The number of aryl methyl sites for hydroxylation is 1. The summed E-state index contributed by atoms with van der Waals surface area (Å²) in [6.45, 7) is 8.84. The molecular weight excluding hydrogens is 364 g/mol. The minimum atomic E-state index is -0.00839. The third-order valence-electron chi connectivity index (χ3n) is 4.73. The summed E-state index contributed by atoms with van der Waals surface area (Å²) in [5.74, 6) is 1.70. The van der Waals surface area contributed by atoms with Gasteiger partial charge in [0.2, 0.25) is 5.95 Å². The van der Waals surface area contributed by atoms with Gasteiger partial charge in [0, 0.05) is 43.6 Å². The second kappa shape index (κ2) is 8.57. The summed E-state index contributed by atoms with van der Waals surface area (Å²) in [6, 6.07) is 5.64. The van der Waals surface area contributed by atoms with E-state index in [1.54, 1.807) is 18.5 Å². The zero-order valence-corrected chi connectivity index (χ0v) is 16.7. The number of carbonyl (C=O) groups excluding carboxylic acids is 1. The van der Waals surface area contributed by atoms with Gasteiger partial charge in [-0.15, -0.1) is 0 Å². The number of amides is 1. The van der Waals surface area contributed by atoms with Crippen LogP contribution in [0.25, 0.3) is 0 Å². The number of rotatable bonds is 5. The van der Waals surface area contributed by atoms with Gasteiger partial charge in [0.25, 0.3) is 5.91 Å². The highest BCUT2D eigenvalue weighted by molar-refractivity contribution is 6.31. The van der Waals surface area contributed by atoms with Crippen LogP contribution in [0, 0.1) is 6.92 Å². The molecule has 0 spiro atoms. The van der Waals surface area contributed by atoms with Crippen molar-refractivity contribution in [2.75, 3.05) is 37.7 Å². The minimum absolute atomic E-state index is 0.00839. The topological polar surface area (TPSA) is 58.6 Å². The fourth-order valence-electron chi connectivity index (χ4n) is 3.09. The monoisotopic (exact) mass is 388 g/mol. The number of carbonyl (C=O) groups is 1. The predicted octanol–water partition coefficient (Wildman–Crippen LogP) is 3.29. The Kier molecular flexibility index (Phi) is 6.16. The van der Waals surface area contributed by atoms with Gasteiger partial charge in [-0.1, -0.05) is 25.4 Å². The number of anilines is 1. The number of hydrogen-bond donors (Lipinski definition) is 0. The molecule has 1 saturated heterocycles. The highest BCUT2D eigenvalue weighted by atomic mass is 35.5. The van der Waals surface area contributed by atoms with E-state index >= 15 is 0 Å². The van der Waals surface area contributed by atoms with Gasteiger partial charge in [-0.3, -0.25) is 4.79 Å². The van der Waals surface area contributed by atoms with E-state index in [9.17, 15) is 4.79 Å². The molecule has 0 N–H and O–H groups in total. The Morgan fingerprint density at radius 2 is 1.85 bits per heavy atom. The van der Waals surface area contributed by atoms with Gasteiger partial charge in [-0.25, -0.2) is 9.97 Å². The molecule has 0 radical (unpaired) electrons. The third kappa shape index (κ3) is 4.69. The molecule has 6 nitrogen and oxygen atoms in total. The predicted molar refractivity (Wildman–Crippen MR) is 107 cm³/mol. The number of aromatic nitrogens is 2. The Labute approximate surface area is 165 Å². The van der Waals surface area contributed by atoms with Crippen LogP contribution in [-0.2, 0) is 4.79 Å². The van der Waals surface area contributed by atoms with E-state index < -0.39 is 0 Å². The first-order valence-electron chi connectivity index (χ1n) is 9.18. The van der Waals surface area contributed by atoms with Gasteiger partial charge < -0.3 is 14.5 Å². The highest BCUT2D eigenvalue weighted by Gasteiger charge is 2.23. The van der Waals surface area contributed by atoms with Gasteiger partial charge in [-0.05, 0) is 42.2 Å². The van der Waals surface area contributed by atoms with Crippen molar-refractivity contribution < 1.29 is 9.53 Å². The number of benzene rings is 1. The fourth-order valence-corrected chi connectivity index (χ4v) is 3.26. The molecule has 7 heteroatoms. The van der Waals surface area contributed by atoms with E-state index in [0.29, 0.717) is 32.1 Å². The van der Waals surface area contributed by atoms with Crippen molar-refractivity contribution in [3.8, 4) is 5.75 Å². The van der Waals surface area contributed by atoms with E-state index in [-0.39, 0.29) is 18.4 Å². The fraction of sp³-hybridized carbons (Fsp3) is 0.450. The van der Waals surface area contributed by atoms with Crippen LogP contribution in [0.15, 0.2) is 30.6 Å². The first-order valence-corrected chi connectivity index (χ1v) is 9.56. The molecule has 1 aliphatic heterocycles. The average molecular weight is 389 g/mol. The Morgan fingerprint density at radius 3 is 2.48 bits per heavy atom. The Bertz CT molecular complexity index is 790. The summed E-state index contributed by atoms with van der Waals surface area (Å²) >= 11 is 6.23. The Hall–Kier alpha value is -2.34. The van der Waals surface area contributed by atoms with Crippen LogP contribution in [0.5, 0.6) is 5.75 Å². The van der Waals surface area contributed by atoms with Crippen molar-refractivity contribution in [3.63, 3.8) is 0 Å². The van der Waals surface area contributed by atoms with Crippen molar-refractivity contribution in [2.45, 2.75) is 26.7 Å². The van der Waals surface area contributed by atoms with Gasteiger partial charge in [0.05, 0.1) is 0 Å². The van der Waals surface area contributed by atoms with Crippen molar-refractivity contribution in [1.82, 2.24) is 14.9 Å². The molecule has 1 fully saturated rings. The molecule has 2 aromatic rings. The van der Waals surface area contributed by atoms with Crippen LogP contribution in [0.2, 0.25) is 5.02 Å². The van der Waals surface area contributed by atoms with E-state index in [1.165, 1.54) is 0 Å². The summed E-state index contributed by atoms with van der Waals surface area (Å²) in [5, 5.41) is 0.719. The molecule has 1 aliphatic rings. The molecule has 1 aromatic carbocycles. The lowest BCUT2D eigenvalue weighted by molar-refractivity contribution is -0.133. The zero-order valence-electron chi connectivity index (χ0n) is 16.0. The second-order valence-corrected chi connectivity index (χ2v) is 7.41.